The Bertz CT molecular complexity index is 892. The normalized spacial score (nSPS) is 17.4. The fourth-order valence-corrected chi connectivity index (χ4v) is 3.75. The van der Waals surface area contributed by atoms with Gasteiger partial charge in [0.2, 0.25) is 11.8 Å². The van der Waals surface area contributed by atoms with Crippen molar-refractivity contribution in [1.82, 2.24) is 15.2 Å². The molecule has 1 amide bonds. The van der Waals surface area contributed by atoms with E-state index in [2.05, 4.69) is 39.5 Å². The van der Waals surface area contributed by atoms with Crippen molar-refractivity contribution in [3.05, 3.63) is 78.2 Å². The third-order valence-electron chi connectivity index (χ3n) is 5.18. The van der Waals surface area contributed by atoms with E-state index in [4.69, 9.17) is 4.42 Å². The second kappa shape index (κ2) is 8.85. The average Bonchev–Trinajstić information content (AvgIpc) is 3.23. The Morgan fingerprint density at radius 2 is 1.86 bits per heavy atom. The van der Waals surface area contributed by atoms with Crippen LogP contribution in [0.4, 0.5) is 0 Å². The van der Waals surface area contributed by atoms with Gasteiger partial charge in [-0.25, -0.2) is 4.98 Å². The molecule has 1 saturated heterocycles. The van der Waals surface area contributed by atoms with E-state index in [0.29, 0.717) is 24.9 Å². The second-order valence-electron chi connectivity index (χ2n) is 7.27. The fraction of sp³-hybridized carbons (Fsp3) is 0.304. The van der Waals surface area contributed by atoms with Crippen molar-refractivity contribution >= 4 is 5.91 Å². The van der Waals surface area contributed by atoms with Crippen molar-refractivity contribution in [2.24, 2.45) is 0 Å². The van der Waals surface area contributed by atoms with E-state index in [1.54, 1.807) is 6.26 Å². The van der Waals surface area contributed by atoms with Gasteiger partial charge in [0.1, 0.15) is 6.26 Å². The average molecular weight is 375 g/mol. The van der Waals surface area contributed by atoms with Gasteiger partial charge in [-0.3, -0.25) is 9.69 Å². The van der Waals surface area contributed by atoms with Gasteiger partial charge >= 0.3 is 0 Å². The number of carbonyl (C=O) groups excluding carboxylic acids is 1. The topological polar surface area (TPSA) is 58.4 Å². The Hall–Kier alpha value is -2.92. The number of hydrogen-bond donors (Lipinski definition) is 1. The summed E-state index contributed by atoms with van der Waals surface area (Å²) < 4.78 is 5.52. The molecule has 0 spiro atoms. The van der Waals surface area contributed by atoms with E-state index in [9.17, 15) is 4.79 Å². The van der Waals surface area contributed by atoms with Crippen LogP contribution in [0.15, 0.2) is 71.3 Å². The number of benzene rings is 2. The third kappa shape index (κ3) is 4.67. The van der Waals surface area contributed by atoms with Crippen LogP contribution in [0.2, 0.25) is 0 Å². The number of nitrogens with one attached hydrogen (secondary N) is 1. The monoisotopic (exact) mass is 375 g/mol. The Labute approximate surface area is 165 Å². The van der Waals surface area contributed by atoms with Crippen molar-refractivity contribution in [3.63, 3.8) is 0 Å². The number of aromatic nitrogens is 1. The number of piperidine rings is 1. The number of likely N-dealkylation sites (tertiary alicyclic amines) is 1. The van der Waals surface area contributed by atoms with Gasteiger partial charge in [-0.1, -0.05) is 48.5 Å². The first-order chi connectivity index (χ1) is 13.8. The predicted molar refractivity (Wildman–Crippen MR) is 109 cm³/mol. The quantitative estimate of drug-likeness (QED) is 0.711. The minimum Gasteiger partial charge on any atom is -0.444 e. The molecular formula is C23H25N3O2. The highest BCUT2D eigenvalue weighted by molar-refractivity contribution is 5.78. The lowest BCUT2D eigenvalue weighted by Gasteiger charge is -2.32. The van der Waals surface area contributed by atoms with E-state index < -0.39 is 0 Å². The molecule has 0 radical (unpaired) electrons. The molecule has 3 aromatic rings. The summed E-state index contributed by atoms with van der Waals surface area (Å²) in [6.07, 6.45) is 3.91. The molecule has 0 unspecified atom stereocenters. The lowest BCUT2D eigenvalue weighted by molar-refractivity contribution is -0.122. The summed E-state index contributed by atoms with van der Waals surface area (Å²) in [6.45, 7) is 2.70. The van der Waals surface area contributed by atoms with Crippen LogP contribution >= 0.6 is 0 Å². The fourth-order valence-electron chi connectivity index (χ4n) is 3.75. The molecule has 2 heterocycles. The summed E-state index contributed by atoms with van der Waals surface area (Å²) >= 11 is 0. The zero-order chi connectivity index (χ0) is 19.2. The molecule has 4 rings (SSSR count). The number of rotatable bonds is 6. The van der Waals surface area contributed by atoms with Gasteiger partial charge in [0.15, 0.2) is 0 Å². The van der Waals surface area contributed by atoms with Crippen molar-refractivity contribution < 1.29 is 9.21 Å². The highest BCUT2D eigenvalue weighted by atomic mass is 16.3. The molecule has 28 heavy (non-hydrogen) atoms. The molecule has 5 heteroatoms. The minimum absolute atomic E-state index is 0.0259. The summed E-state index contributed by atoms with van der Waals surface area (Å²) in [5.74, 6) is 1.11. The number of nitrogens with zero attached hydrogens (tertiary/aromatic N) is 2. The molecule has 144 valence electrons. The second-order valence-corrected chi connectivity index (χ2v) is 7.27. The highest BCUT2D eigenvalue weighted by Crippen LogP contribution is 2.26. The maximum atomic E-state index is 12.4. The number of amides is 1. The zero-order valence-corrected chi connectivity index (χ0v) is 15.9. The van der Waals surface area contributed by atoms with Gasteiger partial charge in [0, 0.05) is 12.1 Å². The molecule has 1 aliphatic rings. The molecule has 0 bridgehead atoms. The summed E-state index contributed by atoms with van der Waals surface area (Å²) in [4.78, 5) is 19.1. The molecule has 1 aliphatic heterocycles. The lowest BCUT2D eigenvalue weighted by Crippen LogP contribution is -2.41. The minimum atomic E-state index is 0.0259. The number of oxazole rings is 1. The maximum Gasteiger partial charge on any atom is 0.234 e. The highest BCUT2D eigenvalue weighted by Gasteiger charge is 2.22. The molecule has 5 nitrogen and oxygen atoms in total. The Morgan fingerprint density at radius 3 is 2.64 bits per heavy atom. The van der Waals surface area contributed by atoms with Gasteiger partial charge < -0.3 is 9.73 Å². The van der Waals surface area contributed by atoms with E-state index in [1.807, 2.05) is 36.4 Å². The van der Waals surface area contributed by atoms with E-state index in [-0.39, 0.29) is 5.91 Å². The van der Waals surface area contributed by atoms with Gasteiger partial charge in [-0.05, 0) is 43.0 Å². The van der Waals surface area contributed by atoms with Crippen LogP contribution in [0.5, 0.6) is 0 Å². The summed E-state index contributed by atoms with van der Waals surface area (Å²) in [7, 11) is 0. The first-order valence-corrected chi connectivity index (χ1v) is 9.82. The summed E-state index contributed by atoms with van der Waals surface area (Å²) in [5, 5.41) is 2.96. The van der Waals surface area contributed by atoms with Gasteiger partial charge in [0.25, 0.3) is 0 Å². The van der Waals surface area contributed by atoms with E-state index in [1.165, 1.54) is 12.0 Å². The molecule has 0 saturated carbocycles. The maximum absolute atomic E-state index is 12.4. The van der Waals surface area contributed by atoms with Crippen molar-refractivity contribution in [2.45, 2.75) is 25.3 Å². The van der Waals surface area contributed by atoms with Crippen LogP contribution in [-0.4, -0.2) is 35.4 Å². The smallest absolute Gasteiger partial charge is 0.234 e. The number of hydrogen-bond acceptors (Lipinski definition) is 4. The first-order valence-electron chi connectivity index (χ1n) is 9.82. The molecule has 1 atom stereocenters. The standard InChI is InChI=1S/C23H25N3O2/c27-22(16-26-13-7-12-20(15-26)18-8-3-1-4-9-18)24-14-21-17-28-23(25-21)19-10-5-2-6-11-19/h1-6,8-11,17,20H,7,12-16H2,(H,24,27)/t20-/m1/s1. The molecule has 2 aromatic carbocycles. The summed E-state index contributed by atoms with van der Waals surface area (Å²) in [5.41, 5.74) is 3.03. The van der Waals surface area contributed by atoms with E-state index >= 15 is 0 Å². The SMILES string of the molecule is O=C(CN1CCC[C@@H](c2ccccc2)C1)NCc1coc(-c2ccccc2)n1. The number of carbonyl (C=O) groups is 1. The van der Waals surface area contributed by atoms with Crippen molar-refractivity contribution in [2.75, 3.05) is 19.6 Å². The van der Waals surface area contributed by atoms with Crippen LogP contribution in [0.25, 0.3) is 11.5 Å². The Kier molecular flexibility index (Phi) is 5.83. The first kappa shape index (κ1) is 18.4. The molecule has 1 fully saturated rings. The molecule has 1 aromatic heterocycles. The predicted octanol–water partition coefficient (Wildman–Crippen LogP) is 3.84. The van der Waals surface area contributed by atoms with Crippen molar-refractivity contribution in [3.8, 4) is 11.5 Å². The van der Waals surface area contributed by atoms with Crippen LogP contribution in [0.1, 0.15) is 30.0 Å². The van der Waals surface area contributed by atoms with E-state index in [0.717, 1.165) is 30.8 Å². The van der Waals surface area contributed by atoms with Crippen LogP contribution in [-0.2, 0) is 11.3 Å². The molecule has 0 aliphatic carbocycles. The zero-order valence-electron chi connectivity index (χ0n) is 15.9. The van der Waals surface area contributed by atoms with Crippen LogP contribution in [0, 0.1) is 0 Å². The largest absolute Gasteiger partial charge is 0.444 e. The third-order valence-corrected chi connectivity index (χ3v) is 5.18. The van der Waals surface area contributed by atoms with Crippen LogP contribution < -0.4 is 5.32 Å². The van der Waals surface area contributed by atoms with Crippen LogP contribution in [0.3, 0.4) is 0 Å². The van der Waals surface area contributed by atoms with Gasteiger partial charge in [-0.2, -0.15) is 0 Å². The van der Waals surface area contributed by atoms with Gasteiger partial charge in [0.05, 0.1) is 18.8 Å². The molecular weight excluding hydrogens is 350 g/mol. The Balaban J connectivity index is 1.27. The molecule has 1 N–H and O–H groups in total. The van der Waals surface area contributed by atoms with Gasteiger partial charge in [-0.15, -0.1) is 0 Å². The summed E-state index contributed by atoms with van der Waals surface area (Å²) in [6, 6.07) is 20.3. The van der Waals surface area contributed by atoms with Crippen molar-refractivity contribution in [1.29, 1.82) is 0 Å². The Morgan fingerprint density at radius 1 is 1.11 bits per heavy atom. The lowest BCUT2D eigenvalue weighted by atomic mass is 9.91.